The first-order valence-corrected chi connectivity index (χ1v) is 6.68. The number of nitrogen functional groups attached to an aromatic ring is 1. The van der Waals surface area contributed by atoms with Gasteiger partial charge in [0.05, 0.1) is 17.4 Å². The molecule has 0 radical (unpaired) electrons. The average molecular weight is 262 g/mol. The summed E-state index contributed by atoms with van der Waals surface area (Å²) in [6.45, 7) is 5.50. The zero-order valence-electron chi connectivity index (χ0n) is 11.6. The van der Waals surface area contributed by atoms with Crippen molar-refractivity contribution in [2.24, 2.45) is 0 Å². The van der Waals surface area contributed by atoms with Gasteiger partial charge in [0.15, 0.2) is 0 Å². The number of hydrogen-bond acceptors (Lipinski definition) is 4. The number of anilines is 2. The van der Waals surface area contributed by atoms with Gasteiger partial charge in [-0.25, -0.2) is 0 Å². The number of amides is 1. The Bertz CT molecular complexity index is 441. The van der Waals surface area contributed by atoms with Crippen molar-refractivity contribution in [2.75, 3.05) is 43.9 Å². The molecule has 19 heavy (non-hydrogen) atoms. The van der Waals surface area contributed by atoms with Gasteiger partial charge in [0.25, 0.3) is 0 Å². The molecule has 1 aromatic rings. The topological polar surface area (TPSA) is 61.6 Å². The maximum Gasteiger partial charge on any atom is 0.236 e. The smallest absolute Gasteiger partial charge is 0.236 e. The third-order valence-corrected chi connectivity index (χ3v) is 3.77. The Balaban J connectivity index is 1.96. The second-order valence-corrected chi connectivity index (χ2v) is 4.87. The summed E-state index contributed by atoms with van der Waals surface area (Å²) >= 11 is 0. The van der Waals surface area contributed by atoms with Gasteiger partial charge in [-0.3, -0.25) is 9.69 Å². The lowest BCUT2D eigenvalue weighted by molar-refractivity contribution is -0.125. The van der Waals surface area contributed by atoms with Crippen molar-refractivity contribution in [2.45, 2.75) is 13.0 Å². The van der Waals surface area contributed by atoms with Crippen molar-refractivity contribution >= 4 is 17.3 Å². The minimum atomic E-state index is -0.0692. The lowest BCUT2D eigenvalue weighted by Crippen LogP contribution is -2.53. The van der Waals surface area contributed by atoms with Crippen molar-refractivity contribution in [3.05, 3.63) is 24.3 Å². The largest absolute Gasteiger partial charge is 0.397 e. The van der Waals surface area contributed by atoms with Crippen LogP contribution < -0.4 is 16.0 Å². The van der Waals surface area contributed by atoms with Crippen molar-refractivity contribution in [1.29, 1.82) is 0 Å². The number of piperazine rings is 1. The van der Waals surface area contributed by atoms with Gasteiger partial charge in [-0.05, 0) is 19.1 Å². The van der Waals surface area contributed by atoms with Gasteiger partial charge < -0.3 is 16.0 Å². The highest BCUT2D eigenvalue weighted by Gasteiger charge is 2.25. The van der Waals surface area contributed by atoms with E-state index < -0.39 is 0 Å². The fourth-order valence-electron chi connectivity index (χ4n) is 2.50. The lowest BCUT2D eigenvalue weighted by Gasteiger charge is -2.38. The molecule has 2 rings (SSSR count). The molecule has 1 aliphatic rings. The second-order valence-electron chi connectivity index (χ2n) is 4.87. The minimum absolute atomic E-state index is 0.0692. The molecule has 0 aromatic heterocycles. The number of nitrogens with zero attached hydrogens (tertiary/aromatic N) is 2. The normalized spacial score (nSPS) is 18.1. The monoisotopic (exact) mass is 262 g/mol. The van der Waals surface area contributed by atoms with Crippen LogP contribution in [0.1, 0.15) is 6.92 Å². The van der Waals surface area contributed by atoms with Crippen LogP contribution in [0.2, 0.25) is 0 Å². The van der Waals surface area contributed by atoms with Crippen LogP contribution in [0.15, 0.2) is 24.3 Å². The molecule has 1 aliphatic heterocycles. The molecule has 1 saturated heterocycles. The fraction of sp³-hybridized carbons (Fsp3) is 0.500. The molecule has 1 aromatic carbocycles. The Kier molecular flexibility index (Phi) is 4.27. The molecule has 0 aliphatic carbocycles. The molecule has 0 spiro atoms. The third kappa shape index (κ3) is 2.98. The van der Waals surface area contributed by atoms with Gasteiger partial charge in [-0.2, -0.15) is 0 Å². The Hall–Kier alpha value is -1.75. The molecule has 1 amide bonds. The van der Waals surface area contributed by atoms with E-state index in [2.05, 4.69) is 15.1 Å². The highest BCUT2D eigenvalue weighted by molar-refractivity contribution is 5.81. The number of likely N-dealkylation sites (N-methyl/N-ethyl adjacent to an activating group) is 1. The zero-order valence-corrected chi connectivity index (χ0v) is 11.6. The van der Waals surface area contributed by atoms with E-state index in [1.807, 2.05) is 31.2 Å². The SMILES string of the molecule is CNC(=O)C(C)N1CCN(c2ccccc2N)CC1. The van der Waals surface area contributed by atoms with Crippen LogP contribution >= 0.6 is 0 Å². The standard InChI is InChI=1S/C14H22N4O/c1-11(14(19)16-2)17-7-9-18(10-8-17)13-6-4-3-5-12(13)15/h3-6,11H,7-10,15H2,1-2H3,(H,16,19). The van der Waals surface area contributed by atoms with Crippen molar-refractivity contribution in [3.8, 4) is 0 Å². The fourth-order valence-corrected chi connectivity index (χ4v) is 2.50. The first kappa shape index (κ1) is 13.7. The molecular weight excluding hydrogens is 240 g/mol. The Morgan fingerprint density at radius 3 is 2.47 bits per heavy atom. The summed E-state index contributed by atoms with van der Waals surface area (Å²) in [5.41, 5.74) is 7.90. The van der Waals surface area contributed by atoms with E-state index in [-0.39, 0.29) is 11.9 Å². The van der Waals surface area contributed by atoms with Gasteiger partial charge in [0, 0.05) is 33.2 Å². The molecule has 104 valence electrons. The van der Waals surface area contributed by atoms with Crippen LogP contribution in [0.4, 0.5) is 11.4 Å². The molecule has 1 heterocycles. The van der Waals surface area contributed by atoms with Crippen molar-refractivity contribution in [3.63, 3.8) is 0 Å². The molecule has 3 N–H and O–H groups in total. The maximum absolute atomic E-state index is 11.6. The van der Waals surface area contributed by atoms with Crippen LogP contribution in [-0.2, 0) is 4.79 Å². The first-order chi connectivity index (χ1) is 9.13. The van der Waals surface area contributed by atoms with Gasteiger partial charge in [0.2, 0.25) is 5.91 Å². The Labute approximate surface area is 114 Å². The van der Waals surface area contributed by atoms with E-state index in [4.69, 9.17) is 5.73 Å². The summed E-state index contributed by atoms with van der Waals surface area (Å²) in [4.78, 5) is 16.1. The van der Waals surface area contributed by atoms with Gasteiger partial charge in [-0.1, -0.05) is 12.1 Å². The number of benzene rings is 1. The molecule has 1 atom stereocenters. The minimum Gasteiger partial charge on any atom is -0.397 e. The zero-order chi connectivity index (χ0) is 13.8. The Morgan fingerprint density at radius 2 is 1.89 bits per heavy atom. The van der Waals surface area contributed by atoms with E-state index in [1.54, 1.807) is 7.05 Å². The molecule has 5 heteroatoms. The van der Waals surface area contributed by atoms with E-state index in [9.17, 15) is 4.79 Å². The molecule has 1 fully saturated rings. The number of nitrogens with two attached hydrogens (primary N) is 1. The summed E-state index contributed by atoms with van der Waals surface area (Å²) in [6, 6.07) is 7.86. The van der Waals surface area contributed by atoms with Gasteiger partial charge in [-0.15, -0.1) is 0 Å². The Morgan fingerprint density at radius 1 is 1.26 bits per heavy atom. The van der Waals surface area contributed by atoms with E-state index in [1.165, 1.54) is 0 Å². The summed E-state index contributed by atoms with van der Waals surface area (Å²) in [7, 11) is 1.68. The molecule has 5 nitrogen and oxygen atoms in total. The maximum atomic E-state index is 11.6. The first-order valence-electron chi connectivity index (χ1n) is 6.68. The number of rotatable bonds is 3. The highest BCUT2D eigenvalue weighted by Crippen LogP contribution is 2.23. The van der Waals surface area contributed by atoms with Crippen molar-refractivity contribution in [1.82, 2.24) is 10.2 Å². The summed E-state index contributed by atoms with van der Waals surface area (Å²) < 4.78 is 0. The predicted octanol–water partition coefficient (Wildman–Crippen LogP) is 0.525. The van der Waals surface area contributed by atoms with Crippen LogP contribution in [0.3, 0.4) is 0 Å². The van der Waals surface area contributed by atoms with Crippen LogP contribution in [0, 0.1) is 0 Å². The van der Waals surface area contributed by atoms with Crippen LogP contribution in [0.25, 0.3) is 0 Å². The van der Waals surface area contributed by atoms with E-state index in [0.29, 0.717) is 0 Å². The molecule has 0 saturated carbocycles. The van der Waals surface area contributed by atoms with Crippen LogP contribution in [-0.4, -0.2) is 50.1 Å². The number of hydrogen-bond donors (Lipinski definition) is 2. The van der Waals surface area contributed by atoms with Gasteiger partial charge >= 0.3 is 0 Å². The molecule has 0 bridgehead atoms. The molecule has 1 unspecified atom stereocenters. The van der Waals surface area contributed by atoms with Gasteiger partial charge in [0.1, 0.15) is 0 Å². The molecular formula is C14H22N4O. The highest BCUT2D eigenvalue weighted by atomic mass is 16.2. The van der Waals surface area contributed by atoms with E-state index >= 15 is 0 Å². The second kappa shape index (κ2) is 5.93. The number of carbonyl (C=O) groups is 1. The summed E-state index contributed by atoms with van der Waals surface area (Å²) in [5.74, 6) is 0.0766. The number of carbonyl (C=O) groups excluding carboxylic acids is 1. The predicted molar refractivity (Wildman–Crippen MR) is 78.2 cm³/mol. The van der Waals surface area contributed by atoms with Crippen LogP contribution in [0.5, 0.6) is 0 Å². The number of nitrogens with one attached hydrogen (secondary N) is 1. The van der Waals surface area contributed by atoms with E-state index in [0.717, 1.165) is 37.6 Å². The number of para-hydroxylation sites is 2. The lowest BCUT2D eigenvalue weighted by atomic mass is 10.2. The average Bonchev–Trinajstić information content (AvgIpc) is 2.46. The summed E-state index contributed by atoms with van der Waals surface area (Å²) in [6.07, 6.45) is 0. The quantitative estimate of drug-likeness (QED) is 0.780. The van der Waals surface area contributed by atoms with Crippen molar-refractivity contribution < 1.29 is 4.79 Å². The third-order valence-electron chi connectivity index (χ3n) is 3.77. The summed E-state index contributed by atoms with van der Waals surface area (Å²) in [5, 5.41) is 2.70.